The van der Waals surface area contributed by atoms with E-state index in [1.807, 2.05) is 27.7 Å². The SMILES string of the molecule is C=CCOc1nc(NC(C)C)nc(NC(C)C)n1. The molecule has 0 aliphatic carbocycles. The minimum absolute atomic E-state index is 0.242. The predicted octanol–water partition coefficient (Wildman–Crippen LogP) is 2.08. The zero-order valence-electron chi connectivity index (χ0n) is 11.4. The van der Waals surface area contributed by atoms with E-state index in [4.69, 9.17) is 4.74 Å². The summed E-state index contributed by atoms with van der Waals surface area (Å²) in [5.41, 5.74) is 0. The normalized spacial score (nSPS) is 10.6. The van der Waals surface area contributed by atoms with Crippen LogP contribution in [-0.4, -0.2) is 33.6 Å². The van der Waals surface area contributed by atoms with E-state index in [0.29, 0.717) is 18.5 Å². The van der Waals surface area contributed by atoms with Gasteiger partial charge in [-0.15, -0.1) is 0 Å². The predicted molar refractivity (Wildman–Crippen MR) is 73.0 cm³/mol. The first-order valence-electron chi connectivity index (χ1n) is 6.04. The van der Waals surface area contributed by atoms with E-state index in [2.05, 4.69) is 32.2 Å². The van der Waals surface area contributed by atoms with Gasteiger partial charge in [0.05, 0.1) is 0 Å². The minimum atomic E-state index is 0.242. The molecule has 6 nitrogen and oxygen atoms in total. The lowest BCUT2D eigenvalue weighted by Crippen LogP contribution is -2.18. The van der Waals surface area contributed by atoms with Gasteiger partial charge in [0.25, 0.3) is 0 Å². The number of rotatable bonds is 7. The van der Waals surface area contributed by atoms with Crippen LogP contribution in [0.15, 0.2) is 12.7 Å². The largest absolute Gasteiger partial charge is 0.459 e. The van der Waals surface area contributed by atoms with E-state index in [9.17, 15) is 0 Å². The zero-order chi connectivity index (χ0) is 13.5. The van der Waals surface area contributed by atoms with Crippen LogP contribution in [0.1, 0.15) is 27.7 Å². The molecule has 0 amide bonds. The highest BCUT2D eigenvalue weighted by molar-refractivity contribution is 5.36. The van der Waals surface area contributed by atoms with Crippen molar-refractivity contribution in [3.05, 3.63) is 12.7 Å². The van der Waals surface area contributed by atoms with Crippen molar-refractivity contribution in [2.45, 2.75) is 39.8 Å². The molecule has 0 atom stereocenters. The quantitative estimate of drug-likeness (QED) is 0.723. The number of aromatic nitrogens is 3. The second kappa shape index (κ2) is 6.78. The topological polar surface area (TPSA) is 72.0 Å². The summed E-state index contributed by atoms with van der Waals surface area (Å²) >= 11 is 0. The Labute approximate surface area is 108 Å². The average molecular weight is 251 g/mol. The summed E-state index contributed by atoms with van der Waals surface area (Å²) in [7, 11) is 0. The third-order valence-corrected chi connectivity index (χ3v) is 1.78. The monoisotopic (exact) mass is 251 g/mol. The van der Waals surface area contributed by atoms with Crippen LogP contribution in [0.5, 0.6) is 6.01 Å². The zero-order valence-corrected chi connectivity index (χ0v) is 11.4. The Morgan fingerprint density at radius 2 is 1.56 bits per heavy atom. The molecule has 0 spiro atoms. The average Bonchev–Trinajstić information content (AvgIpc) is 2.24. The highest BCUT2D eigenvalue weighted by Gasteiger charge is 2.08. The first-order valence-corrected chi connectivity index (χ1v) is 6.04. The van der Waals surface area contributed by atoms with E-state index in [-0.39, 0.29) is 18.1 Å². The molecule has 1 aromatic rings. The third-order valence-electron chi connectivity index (χ3n) is 1.78. The molecule has 1 aromatic heterocycles. The van der Waals surface area contributed by atoms with E-state index in [0.717, 1.165) is 0 Å². The van der Waals surface area contributed by atoms with Gasteiger partial charge in [-0.3, -0.25) is 0 Å². The van der Waals surface area contributed by atoms with Gasteiger partial charge in [-0.05, 0) is 27.7 Å². The van der Waals surface area contributed by atoms with Gasteiger partial charge in [0.2, 0.25) is 11.9 Å². The fourth-order valence-electron chi connectivity index (χ4n) is 1.20. The smallest absolute Gasteiger partial charge is 0.323 e. The first-order chi connectivity index (χ1) is 8.51. The van der Waals surface area contributed by atoms with Gasteiger partial charge >= 0.3 is 6.01 Å². The van der Waals surface area contributed by atoms with Gasteiger partial charge in [0.1, 0.15) is 6.61 Å². The Hall–Kier alpha value is -1.85. The lowest BCUT2D eigenvalue weighted by atomic mass is 10.4. The molecule has 0 saturated heterocycles. The van der Waals surface area contributed by atoms with Crippen LogP contribution >= 0.6 is 0 Å². The number of anilines is 2. The molecule has 18 heavy (non-hydrogen) atoms. The molecule has 0 bridgehead atoms. The Morgan fingerprint density at radius 3 is 1.94 bits per heavy atom. The molecule has 2 N–H and O–H groups in total. The molecule has 0 aliphatic rings. The van der Waals surface area contributed by atoms with Gasteiger partial charge < -0.3 is 15.4 Å². The molecule has 0 saturated carbocycles. The van der Waals surface area contributed by atoms with Crippen molar-refractivity contribution in [2.75, 3.05) is 17.2 Å². The molecule has 1 rings (SSSR count). The van der Waals surface area contributed by atoms with Crippen molar-refractivity contribution in [3.8, 4) is 6.01 Å². The summed E-state index contributed by atoms with van der Waals surface area (Å²) in [6.07, 6.45) is 1.65. The van der Waals surface area contributed by atoms with Crippen molar-refractivity contribution in [3.63, 3.8) is 0 Å². The van der Waals surface area contributed by atoms with Crippen LogP contribution in [0, 0.1) is 0 Å². The Bertz CT molecular complexity index is 364. The maximum atomic E-state index is 5.34. The Kier molecular flexibility index (Phi) is 5.35. The summed E-state index contributed by atoms with van der Waals surface area (Å²) in [4.78, 5) is 12.6. The summed E-state index contributed by atoms with van der Waals surface area (Å²) in [5.74, 6) is 1.00. The maximum Gasteiger partial charge on any atom is 0.323 e. The number of nitrogens with zero attached hydrogens (tertiary/aromatic N) is 3. The first kappa shape index (κ1) is 14.2. The van der Waals surface area contributed by atoms with Crippen LogP contribution in [0.2, 0.25) is 0 Å². The molecular weight excluding hydrogens is 230 g/mol. The van der Waals surface area contributed by atoms with Crippen molar-refractivity contribution in [1.82, 2.24) is 15.0 Å². The number of hydrogen-bond donors (Lipinski definition) is 2. The van der Waals surface area contributed by atoms with Crippen molar-refractivity contribution < 1.29 is 4.74 Å². The lowest BCUT2D eigenvalue weighted by Gasteiger charge is -2.13. The number of nitrogens with one attached hydrogen (secondary N) is 2. The van der Waals surface area contributed by atoms with Crippen molar-refractivity contribution in [1.29, 1.82) is 0 Å². The minimum Gasteiger partial charge on any atom is -0.459 e. The fraction of sp³-hybridized carbons (Fsp3) is 0.583. The molecule has 0 fully saturated rings. The standard InChI is InChI=1S/C12H21N5O/c1-6-7-18-12-16-10(13-8(2)3)15-11(17-12)14-9(4)5/h6,8-9H,1,7H2,2-5H3,(H2,13,14,15,16,17). The summed E-state index contributed by atoms with van der Waals surface area (Å²) in [5, 5.41) is 6.25. The van der Waals surface area contributed by atoms with E-state index in [1.54, 1.807) is 6.08 Å². The number of hydrogen-bond acceptors (Lipinski definition) is 6. The van der Waals surface area contributed by atoms with Crippen molar-refractivity contribution in [2.24, 2.45) is 0 Å². The van der Waals surface area contributed by atoms with E-state index < -0.39 is 0 Å². The molecule has 0 radical (unpaired) electrons. The van der Waals surface area contributed by atoms with E-state index >= 15 is 0 Å². The van der Waals surface area contributed by atoms with Gasteiger partial charge in [-0.2, -0.15) is 15.0 Å². The highest BCUT2D eigenvalue weighted by atomic mass is 16.5. The molecule has 6 heteroatoms. The molecule has 0 aliphatic heterocycles. The van der Waals surface area contributed by atoms with Gasteiger partial charge in [0, 0.05) is 12.1 Å². The van der Waals surface area contributed by atoms with Crippen LogP contribution in [-0.2, 0) is 0 Å². The molecule has 1 heterocycles. The Balaban J connectivity index is 2.91. The Morgan fingerprint density at radius 1 is 1.06 bits per heavy atom. The highest BCUT2D eigenvalue weighted by Crippen LogP contribution is 2.12. The van der Waals surface area contributed by atoms with Gasteiger partial charge in [-0.25, -0.2) is 0 Å². The third kappa shape index (κ3) is 4.99. The van der Waals surface area contributed by atoms with Crippen molar-refractivity contribution >= 4 is 11.9 Å². The van der Waals surface area contributed by atoms with Crippen LogP contribution < -0.4 is 15.4 Å². The van der Waals surface area contributed by atoms with Gasteiger partial charge in [0.15, 0.2) is 0 Å². The van der Waals surface area contributed by atoms with Gasteiger partial charge in [-0.1, -0.05) is 12.7 Å². The van der Waals surface area contributed by atoms with E-state index in [1.165, 1.54) is 0 Å². The second-order valence-electron chi connectivity index (χ2n) is 4.46. The maximum absolute atomic E-state index is 5.34. The second-order valence-corrected chi connectivity index (χ2v) is 4.46. The molecular formula is C12H21N5O. The van der Waals surface area contributed by atoms with Crippen LogP contribution in [0.3, 0.4) is 0 Å². The molecule has 100 valence electrons. The summed E-state index contributed by atoms with van der Waals surface area (Å²) < 4.78 is 5.34. The summed E-state index contributed by atoms with van der Waals surface area (Å²) in [6.45, 7) is 12.0. The molecule has 0 aromatic carbocycles. The molecule has 0 unspecified atom stereocenters. The fourth-order valence-corrected chi connectivity index (χ4v) is 1.20. The number of ether oxygens (including phenoxy) is 1. The van der Waals surface area contributed by atoms with Crippen LogP contribution in [0.25, 0.3) is 0 Å². The van der Waals surface area contributed by atoms with Crippen LogP contribution in [0.4, 0.5) is 11.9 Å². The summed E-state index contributed by atoms with van der Waals surface area (Å²) in [6, 6.07) is 0.773. The lowest BCUT2D eigenvalue weighted by molar-refractivity contribution is 0.333.